The lowest BCUT2D eigenvalue weighted by molar-refractivity contribution is 1.44. The first-order chi connectivity index (χ1) is 6.29. The Bertz CT molecular complexity index is 401. The summed E-state index contributed by atoms with van der Waals surface area (Å²) in [5, 5.41) is 0. The second-order valence-electron chi connectivity index (χ2n) is 3.04. The summed E-state index contributed by atoms with van der Waals surface area (Å²) in [5.74, 6) is 0. The lowest BCUT2D eigenvalue weighted by atomic mass is 10.1. The van der Waals surface area contributed by atoms with Gasteiger partial charge in [-0.05, 0) is 26.0 Å². The highest BCUT2D eigenvalue weighted by Gasteiger charge is 2.18. The van der Waals surface area contributed by atoms with E-state index in [0.29, 0.717) is 0 Å². The number of hydrogen-bond donors (Lipinski definition) is 0. The normalized spacial score (nSPS) is 10.3. The Morgan fingerprint density at radius 3 is 2.31 bits per heavy atom. The molecule has 2 rings (SSSR count). The summed E-state index contributed by atoms with van der Waals surface area (Å²) in [6, 6.07) is 10.6. The van der Waals surface area contributed by atoms with E-state index in [2.05, 4.69) is 44.2 Å². The van der Waals surface area contributed by atoms with E-state index in [9.17, 15) is 0 Å². The van der Waals surface area contributed by atoms with Gasteiger partial charge in [0.15, 0.2) is 10.3 Å². The van der Waals surface area contributed by atoms with Crippen LogP contribution in [0.25, 0.3) is 10.4 Å². The van der Waals surface area contributed by atoms with Crippen LogP contribution in [0, 0.1) is 13.8 Å². The fourth-order valence-corrected chi connectivity index (χ4v) is 3.92. The summed E-state index contributed by atoms with van der Waals surface area (Å²) in [7, 11) is 3.74. The zero-order valence-electron chi connectivity index (χ0n) is 7.70. The Balaban J connectivity index is 2.53. The molecule has 1 aromatic heterocycles. The van der Waals surface area contributed by atoms with Crippen LogP contribution in [-0.2, 0) is 0 Å². The lowest BCUT2D eigenvalue weighted by Crippen LogP contribution is -1.76. The Kier molecular flexibility index (Phi) is 2.42. The predicted octanol–water partition coefficient (Wildman–Crippen LogP) is 4.37. The fourth-order valence-electron chi connectivity index (χ4n) is 1.24. The summed E-state index contributed by atoms with van der Waals surface area (Å²) in [6.07, 6.45) is 0. The summed E-state index contributed by atoms with van der Waals surface area (Å²) in [4.78, 5) is 2.85. The molecule has 0 unspecified atom stereocenters. The van der Waals surface area contributed by atoms with Crippen LogP contribution in [0.1, 0.15) is 10.4 Å². The van der Waals surface area contributed by atoms with Crippen molar-refractivity contribution in [2.75, 3.05) is 0 Å². The van der Waals surface area contributed by atoms with Crippen molar-refractivity contribution >= 4 is 20.7 Å². The van der Waals surface area contributed by atoms with Gasteiger partial charge in [-0.3, -0.25) is 0 Å². The summed E-state index contributed by atoms with van der Waals surface area (Å²) >= 11 is 0. The molecule has 0 atom stereocenters. The first kappa shape index (κ1) is 8.85. The molecule has 0 bridgehead atoms. The molecule has 0 fully saturated rings. The fraction of sp³-hybridized carbons (Fsp3) is 0.182. The van der Waals surface area contributed by atoms with Crippen molar-refractivity contribution in [2.45, 2.75) is 13.8 Å². The SMILES string of the molecule is Cc1s[s+]c(-c2ccccc2)c1C. The van der Waals surface area contributed by atoms with E-state index < -0.39 is 0 Å². The molecule has 0 N–H and O–H groups in total. The lowest BCUT2D eigenvalue weighted by Gasteiger charge is -1.90. The molecule has 0 radical (unpaired) electrons. The monoisotopic (exact) mass is 207 g/mol. The Morgan fingerprint density at radius 2 is 1.77 bits per heavy atom. The van der Waals surface area contributed by atoms with Crippen molar-refractivity contribution in [3.05, 3.63) is 40.8 Å². The second-order valence-corrected chi connectivity index (χ2v) is 5.40. The van der Waals surface area contributed by atoms with Gasteiger partial charge < -0.3 is 0 Å². The highest BCUT2D eigenvalue weighted by molar-refractivity contribution is 7.70. The topological polar surface area (TPSA) is 0 Å². The van der Waals surface area contributed by atoms with Gasteiger partial charge in [0.1, 0.15) is 0 Å². The number of benzene rings is 1. The molecule has 0 saturated heterocycles. The number of aryl methyl sites for hydroxylation is 1. The minimum absolute atomic E-state index is 1.34. The quantitative estimate of drug-likeness (QED) is 0.481. The van der Waals surface area contributed by atoms with Crippen LogP contribution in [0.3, 0.4) is 0 Å². The van der Waals surface area contributed by atoms with Crippen LogP contribution in [0.4, 0.5) is 0 Å². The van der Waals surface area contributed by atoms with Crippen molar-refractivity contribution < 1.29 is 0 Å². The zero-order chi connectivity index (χ0) is 9.26. The maximum atomic E-state index is 2.20. The van der Waals surface area contributed by atoms with Gasteiger partial charge >= 0.3 is 10.3 Å². The van der Waals surface area contributed by atoms with Crippen LogP contribution in [0.15, 0.2) is 30.3 Å². The highest BCUT2D eigenvalue weighted by Crippen LogP contribution is 2.35. The third-order valence-corrected chi connectivity index (χ3v) is 5.00. The Labute approximate surface area is 85.9 Å². The van der Waals surface area contributed by atoms with Crippen molar-refractivity contribution in [3.8, 4) is 10.4 Å². The molecular formula is C11H11S2+. The highest BCUT2D eigenvalue weighted by atomic mass is 32.9. The molecule has 0 amide bonds. The molecule has 0 aliphatic heterocycles. The van der Waals surface area contributed by atoms with Gasteiger partial charge in [0.25, 0.3) is 4.88 Å². The minimum atomic E-state index is 1.34. The summed E-state index contributed by atoms with van der Waals surface area (Å²) in [6.45, 7) is 4.38. The second kappa shape index (κ2) is 3.56. The zero-order valence-corrected chi connectivity index (χ0v) is 9.34. The molecule has 1 aromatic carbocycles. The molecule has 66 valence electrons. The maximum Gasteiger partial charge on any atom is 0.301 e. The number of hydrogen-bond acceptors (Lipinski definition) is 1. The minimum Gasteiger partial charge on any atom is -0.0622 e. The number of rotatable bonds is 1. The van der Waals surface area contributed by atoms with Gasteiger partial charge in [0.2, 0.25) is 0 Å². The third kappa shape index (κ3) is 1.64. The van der Waals surface area contributed by atoms with E-state index in [1.807, 2.05) is 20.7 Å². The first-order valence-corrected chi connectivity index (χ1v) is 6.39. The van der Waals surface area contributed by atoms with Crippen molar-refractivity contribution in [1.29, 1.82) is 0 Å². The van der Waals surface area contributed by atoms with Crippen LogP contribution in [0.2, 0.25) is 0 Å². The van der Waals surface area contributed by atoms with Gasteiger partial charge in [-0.1, -0.05) is 18.2 Å². The molecule has 0 spiro atoms. The van der Waals surface area contributed by atoms with E-state index >= 15 is 0 Å². The average Bonchev–Trinajstić information content (AvgIpc) is 2.49. The molecule has 0 aliphatic carbocycles. The van der Waals surface area contributed by atoms with Crippen molar-refractivity contribution in [2.24, 2.45) is 0 Å². The van der Waals surface area contributed by atoms with Crippen molar-refractivity contribution in [3.63, 3.8) is 0 Å². The standard InChI is InChI=1S/C11H11S2/c1-8-9(2)12-13-11(8)10-6-4-3-5-7-10/h3-7H,1-2H3/q+1. The van der Waals surface area contributed by atoms with E-state index in [4.69, 9.17) is 0 Å². The van der Waals surface area contributed by atoms with E-state index in [0.717, 1.165) is 0 Å². The largest absolute Gasteiger partial charge is 0.301 e. The average molecular weight is 207 g/mol. The summed E-state index contributed by atoms with van der Waals surface area (Å²) in [5.41, 5.74) is 2.77. The molecule has 13 heavy (non-hydrogen) atoms. The third-order valence-electron chi connectivity index (χ3n) is 2.15. The van der Waals surface area contributed by atoms with Gasteiger partial charge in [-0.15, -0.1) is 0 Å². The van der Waals surface area contributed by atoms with Crippen LogP contribution in [-0.4, -0.2) is 0 Å². The van der Waals surface area contributed by atoms with E-state index in [-0.39, 0.29) is 0 Å². The van der Waals surface area contributed by atoms with E-state index in [1.165, 1.54) is 20.9 Å². The van der Waals surface area contributed by atoms with Gasteiger partial charge in [0, 0.05) is 11.1 Å². The maximum absolute atomic E-state index is 2.20. The van der Waals surface area contributed by atoms with Crippen molar-refractivity contribution in [1.82, 2.24) is 0 Å². The smallest absolute Gasteiger partial charge is 0.0622 e. The summed E-state index contributed by atoms with van der Waals surface area (Å²) < 4.78 is 0. The Hall–Kier alpha value is -0.730. The van der Waals surface area contributed by atoms with Crippen LogP contribution >= 0.6 is 20.7 Å². The van der Waals surface area contributed by atoms with Gasteiger partial charge in [0.05, 0.1) is 4.88 Å². The van der Waals surface area contributed by atoms with Crippen LogP contribution in [0.5, 0.6) is 0 Å². The predicted molar refractivity (Wildman–Crippen MR) is 61.5 cm³/mol. The molecule has 0 aliphatic rings. The molecule has 0 nitrogen and oxygen atoms in total. The van der Waals surface area contributed by atoms with E-state index in [1.54, 1.807) is 0 Å². The molecule has 2 aromatic rings. The van der Waals surface area contributed by atoms with Gasteiger partial charge in [-0.25, -0.2) is 0 Å². The molecule has 1 heterocycles. The first-order valence-electron chi connectivity index (χ1n) is 4.24. The molecule has 2 heteroatoms. The Morgan fingerprint density at radius 1 is 1.08 bits per heavy atom. The molecule has 0 saturated carbocycles. The van der Waals surface area contributed by atoms with Crippen LogP contribution < -0.4 is 0 Å². The molecular weight excluding hydrogens is 196 g/mol. The van der Waals surface area contributed by atoms with Gasteiger partial charge in [-0.2, -0.15) is 0 Å².